The van der Waals surface area contributed by atoms with E-state index in [-0.39, 0.29) is 18.9 Å². The Morgan fingerprint density at radius 2 is 1.94 bits per heavy atom. The van der Waals surface area contributed by atoms with E-state index in [1.165, 1.54) is 6.16 Å². The molecule has 0 aromatic carbocycles. The van der Waals surface area contributed by atoms with Crippen LogP contribution in [0, 0.1) is 6.16 Å². The second-order valence-electron chi connectivity index (χ2n) is 2.76. The number of aromatic nitrogens is 1. The van der Waals surface area contributed by atoms with Crippen molar-refractivity contribution < 1.29 is 32.5 Å². The van der Waals surface area contributed by atoms with Crippen LogP contribution in [0.15, 0.2) is 24.4 Å². The summed E-state index contributed by atoms with van der Waals surface area (Å²) in [5.74, 6) is 0. The largest absolute Gasteiger partial charge is 1.00 e. The summed E-state index contributed by atoms with van der Waals surface area (Å²) in [6, 6.07) is 5.37. The van der Waals surface area contributed by atoms with E-state index < -0.39 is 7.60 Å². The molecule has 0 aliphatic heterocycles. The molecular formula is C10H15LiNO3P. The van der Waals surface area contributed by atoms with Gasteiger partial charge in [-0.2, -0.15) is 6.07 Å². The van der Waals surface area contributed by atoms with Gasteiger partial charge >= 0.3 is 18.9 Å². The zero-order valence-corrected chi connectivity index (χ0v) is 10.8. The molecule has 0 spiro atoms. The first-order chi connectivity index (χ1) is 7.20. The summed E-state index contributed by atoms with van der Waals surface area (Å²) in [7, 11) is -3.13. The number of rotatable bonds is 6. The molecule has 0 N–H and O–H groups in total. The molecule has 6 heteroatoms. The van der Waals surface area contributed by atoms with E-state index in [1.807, 2.05) is 6.07 Å². The quantitative estimate of drug-likeness (QED) is 0.391. The fourth-order valence-electron chi connectivity index (χ4n) is 1.09. The molecule has 0 unspecified atom stereocenters. The number of hydrogen-bond donors (Lipinski definition) is 0. The SMILES string of the molecule is CCOP(=O)([CH-]c1ccccn1)OCC.[Li+]. The molecule has 0 radical (unpaired) electrons. The zero-order chi connectivity index (χ0) is 11.1. The Balaban J connectivity index is 0.00000225. The van der Waals surface area contributed by atoms with Crippen LogP contribution in [0.5, 0.6) is 0 Å². The smallest absolute Gasteiger partial charge is 0.318 e. The number of pyridine rings is 1. The molecule has 0 bridgehead atoms. The molecule has 0 aliphatic rings. The Morgan fingerprint density at radius 1 is 1.31 bits per heavy atom. The van der Waals surface area contributed by atoms with E-state index in [4.69, 9.17) is 9.05 Å². The molecule has 1 aromatic heterocycles. The van der Waals surface area contributed by atoms with Gasteiger partial charge in [0.25, 0.3) is 7.60 Å². The molecule has 84 valence electrons. The van der Waals surface area contributed by atoms with Crippen molar-refractivity contribution in [2.45, 2.75) is 13.8 Å². The first-order valence-electron chi connectivity index (χ1n) is 4.86. The molecule has 16 heavy (non-hydrogen) atoms. The molecule has 0 atom stereocenters. The third kappa shape index (κ3) is 5.20. The van der Waals surface area contributed by atoms with Gasteiger partial charge in [0.1, 0.15) is 0 Å². The maximum Gasteiger partial charge on any atom is 1.00 e. The van der Waals surface area contributed by atoms with Crippen molar-refractivity contribution in [1.82, 2.24) is 4.98 Å². The van der Waals surface area contributed by atoms with Gasteiger partial charge in [-0.1, -0.05) is 17.9 Å². The standard InChI is InChI=1S/C10H15NO3P.Li/c1-3-13-15(12,14-4-2)9-10-7-5-6-8-11-10;/h5-9H,3-4H2,1-2H3;/q-1;+1. The van der Waals surface area contributed by atoms with Crippen molar-refractivity contribution >= 4 is 7.60 Å². The first kappa shape index (κ1) is 15.8. The van der Waals surface area contributed by atoms with Gasteiger partial charge in [-0.25, -0.2) is 0 Å². The average molecular weight is 235 g/mol. The van der Waals surface area contributed by atoms with Gasteiger partial charge in [0, 0.05) is 6.20 Å². The monoisotopic (exact) mass is 235 g/mol. The van der Waals surface area contributed by atoms with Gasteiger partial charge < -0.3 is 9.05 Å². The van der Waals surface area contributed by atoms with Gasteiger partial charge in [0.2, 0.25) is 0 Å². The van der Waals surface area contributed by atoms with Gasteiger partial charge in [-0.05, 0) is 13.8 Å². The van der Waals surface area contributed by atoms with Crippen molar-refractivity contribution in [3.8, 4) is 0 Å². The van der Waals surface area contributed by atoms with Crippen LogP contribution in [0.4, 0.5) is 0 Å². The summed E-state index contributed by atoms with van der Waals surface area (Å²) in [5.41, 5.74) is 0.600. The summed E-state index contributed by atoms with van der Waals surface area (Å²) in [5, 5.41) is 0. The molecule has 0 aliphatic carbocycles. The van der Waals surface area contributed by atoms with E-state index in [1.54, 1.807) is 32.2 Å². The van der Waals surface area contributed by atoms with Gasteiger partial charge in [0.05, 0.1) is 13.2 Å². The predicted molar refractivity (Wildman–Crippen MR) is 58.5 cm³/mol. The van der Waals surface area contributed by atoms with Crippen LogP contribution in [0.2, 0.25) is 0 Å². The second kappa shape index (κ2) is 7.95. The Bertz CT molecular complexity index is 324. The molecular weight excluding hydrogens is 220 g/mol. The van der Waals surface area contributed by atoms with Crippen molar-refractivity contribution in [1.29, 1.82) is 0 Å². The van der Waals surface area contributed by atoms with Crippen molar-refractivity contribution in [2.24, 2.45) is 0 Å². The first-order valence-corrected chi connectivity index (χ1v) is 6.47. The van der Waals surface area contributed by atoms with E-state index in [2.05, 4.69) is 4.98 Å². The Hall–Kier alpha value is -0.233. The predicted octanol–water partition coefficient (Wildman–Crippen LogP) is -0.138. The fraction of sp³-hybridized carbons (Fsp3) is 0.400. The minimum Gasteiger partial charge on any atom is -0.318 e. The molecule has 0 amide bonds. The van der Waals surface area contributed by atoms with Crippen LogP contribution in [0.3, 0.4) is 0 Å². The maximum absolute atomic E-state index is 12.0. The molecule has 1 rings (SSSR count). The van der Waals surface area contributed by atoms with Crippen molar-refractivity contribution in [3.05, 3.63) is 36.3 Å². The van der Waals surface area contributed by atoms with Gasteiger partial charge in [-0.3, -0.25) is 9.55 Å². The van der Waals surface area contributed by atoms with Crippen LogP contribution >= 0.6 is 7.60 Å². The van der Waals surface area contributed by atoms with Gasteiger partial charge in [0.15, 0.2) is 0 Å². The van der Waals surface area contributed by atoms with Crippen LogP contribution < -0.4 is 18.9 Å². The van der Waals surface area contributed by atoms with E-state index in [0.717, 1.165) is 0 Å². The number of hydrogen-bond acceptors (Lipinski definition) is 4. The molecule has 1 heterocycles. The Kier molecular flexibility index (Phi) is 7.83. The zero-order valence-electron chi connectivity index (χ0n) is 9.92. The average Bonchev–Trinajstić information content (AvgIpc) is 2.19. The fourth-order valence-corrected chi connectivity index (χ4v) is 2.51. The summed E-state index contributed by atoms with van der Waals surface area (Å²) in [4.78, 5) is 4.04. The molecule has 0 saturated carbocycles. The summed E-state index contributed by atoms with van der Waals surface area (Å²) < 4.78 is 22.3. The molecule has 0 fully saturated rings. The Morgan fingerprint density at radius 3 is 2.38 bits per heavy atom. The molecule has 0 saturated heterocycles. The van der Waals surface area contributed by atoms with Crippen LogP contribution in [0.25, 0.3) is 0 Å². The van der Waals surface area contributed by atoms with Crippen molar-refractivity contribution in [2.75, 3.05) is 13.2 Å². The van der Waals surface area contributed by atoms with E-state index in [9.17, 15) is 4.57 Å². The maximum atomic E-state index is 12.0. The Labute approximate surface area is 108 Å². The molecule has 1 aromatic rings. The normalized spacial score (nSPS) is 10.6. The third-order valence-electron chi connectivity index (χ3n) is 1.60. The van der Waals surface area contributed by atoms with E-state index in [0.29, 0.717) is 18.9 Å². The minimum atomic E-state index is -3.13. The van der Waals surface area contributed by atoms with Crippen molar-refractivity contribution in [3.63, 3.8) is 0 Å². The summed E-state index contributed by atoms with van der Waals surface area (Å²) >= 11 is 0. The summed E-state index contributed by atoms with van der Waals surface area (Å²) in [6.07, 6.45) is 3.08. The summed E-state index contributed by atoms with van der Waals surface area (Å²) in [6.45, 7) is 4.25. The van der Waals surface area contributed by atoms with E-state index >= 15 is 0 Å². The van der Waals surface area contributed by atoms with Crippen LogP contribution in [0.1, 0.15) is 19.5 Å². The number of nitrogens with zero attached hydrogens (tertiary/aromatic N) is 1. The molecule has 4 nitrogen and oxygen atoms in total. The minimum absolute atomic E-state index is 0. The van der Waals surface area contributed by atoms with Crippen LogP contribution in [-0.2, 0) is 13.6 Å². The third-order valence-corrected chi connectivity index (χ3v) is 3.41. The van der Waals surface area contributed by atoms with Gasteiger partial charge in [-0.15, -0.1) is 6.07 Å². The van der Waals surface area contributed by atoms with Crippen LogP contribution in [-0.4, -0.2) is 18.2 Å². The topological polar surface area (TPSA) is 48.4 Å². The second-order valence-corrected chi connectivity index (χ2v) is 4.61.